The maximum absolute atomic E-state index is 13.4. The molecule has 108 valence electrons. The van der Waals surface area contributed by atoms with Crippen molar-refractivity contribution >= 4 is 10.0 Å². The van der Waals surface area contributed by atoms with E-state index < -0.39 is 10.0 Å². The number of benzene rings is 1. The van der Waals surface area contributed by atoms with Gasteiger partial charge in [0.05, 0.1) is 6.20 Å². The highest BCUT2D eigenvalue weighted by Crippen LogP contribution is 2.11. The lowest BCUT2D eigenvalue weighted by atomic mass is 10.1. The monoisotopic (exact) mass is 298 g/mol. The van der Waals surface area contributed by atoms with Crippen molar-refractivity contribution in [1.82, 2.24) is 14.9 Å². The number of H-pyrrole nitrogens is 1. The molecule has 0 saturated heterocycles. The van der Waals surface area contributed by atoms with E-state index in [2.05, 4.69) is 14.9 Å². The molecule has 2 aromatic rings. The van der Waals surface area contributed by atoms with Crippen molar-refractivity contribution in [3.05, 3.63) is 47.4 Å². The molecule has 0 aliphatic heterocycles. The molecule has 4 N–H and O–H groups in total. The second kappa shape index (κ2) is 6.12. The highest BCUT2D eigenvalue weighted by molar-refractivity contribution is 7.89. The predicted molar refractivity (Wildman–Crippen MR) is 71.8 cm³/mol. The van der Waals surface area contributed by atoms with Gasteiger partial charge < -0.3 is 5.73 Å². The SMILES string of the molecule is NCc1cn[nH]c1S(=O)(=O)NCCc1ccccc1F. The Morgan fingerprint density at radius 3 is 2.75 bits per heavy atom. The highest BCUT2D eigenvalue weighted by atomic mass is 32.2. The standard InChI is InChI=1S/C12H15FN4O2S/c13-11-4-2-1-3-9(11)5-6-16-20(18,19)12-10(7-14)8-15-17-12/h1-4,8,16H,5-7,14H2,(H,15,17). The summed E-state index contributed by atoms with van der Waals surface area (Å²) < 4.78 is 39.8. The van der Waals surface area contributed by atoms with Crippen LogP contribution in [0.4, 0.5) is 4.39 Å². The Hall–Kier alpha value is -1.77. The van der Waals surface area contributed by atoms with Crippen molar-refractivity contribution in [2.24, 2.45) is 5.73 Å². The first kappa shape index (κ1) is 14.6. The van der Waals surface area contributed by atoms with Crippen LogP contribution in [-0.2, 0) is 23.0 Å². The highest BCUT2D eigenvalue weighted by Gasteiger charge is 2.19. The average Bonchev–Trinajstić information content (AvgIpc) is 2.90. The zero-order chi connectivity index (χ0) is 14.6. The Bertz CT molecular complexity index is 684. The van der Waals surface area contributed by atoms with E-state index in [1.165, 1.54) is 12.3 Å². The summed E-state index contributed by atoms with van der Waals surface area (Å²) >= 11 is 0. The zero-order valence-electron chi connectivity index (χ0n) is 10.6. The molecule has 0 amide bonds. The van der Waals surface area contributed by atoms with Gasteiger partial charge in [-0.05, 0) is 18.1 Å². The molecule has 8 heteroatoms. The lowest BCUT2D eigenvalue weighted by Gasteiger charge is -2.07. The van der Waals surface area contributed by atoms with E-state index in [0.717, 1.165) is 0 Å². The van der Waals surface area contributed by atoms with Crippen LogP contribution in [0, 0.1) is 5.82 Å². The number of hydrogen-bond donors (Lipinski definition) is 3. The maximum Gasteiger partial charge on any atom is 0.257 e. The van der Waals surface area contributed by atoms with Crippen LogP contribution in [0.15, 0.2) is 35.5 Å². The van der Waals surface area contributed by atoms with Gasteiger partial charge in [0.2, 0.25) is 0 Å². The van der Waals surface area contributed by atoms with Crippen LogP contribution in [0.2, 0.25) is 0 Å². The Kier molecular flexibility index (Phi) is 4.48. The Labute approximate surface area is 116 Å². The smallest absolute Gasteiger partial charge is 0.257 e. The molecular weight excluding hydrogens is 283 g/mol. The number of nitrogens with zero attached hydrogens (tertiary/aromatic N) is 1. The van der Waals surface area contributed by atoms with E-state index in [4.69, 9.17) is 5.73 Å². The fourth-order valence-electron chi connectivity index (χ4n) is 1.77. The normalized spacial score (nSPS) is 11.7. The molecule has 1 heterocycles. The van der Waals surface area contributed by atoms with Gasteiger partial charge in [-0.1, -0.05) is 18.2 Å². The van der Waals surface area contributed by atoms with Gasteiger partial charge in [0, 0.05) is 18.7 Å². The second-order valence-corrected chi connectivity index (χ2v) is 5.87. The van der Waals surface area contributed by atoms with Gasteiger partial charge in [0.25, 0.3) is 10.0 Å². The number of nitrogens with one attached hydrogen (secondary N) is 2. The van der Waals surface area contributed by atoms with E-state index in [-0.39, 0.29) is 30.4 Å². The van der Waals surface area contributed by atoms with Gasteiger partial charge in [-0.2, -0.15) is 5.10 Å². The third-order valence-corrected chi connectivity index (χ3v) is 4.29. The zero-order valence-corrected chi connectivity index (χ0v) is 11.5. The number of sulfonamides is 1. The van der Waals surface area contributed by atoms with E-state index in [1.54, 1.807) is 18.2 Å². The molecule has 0 saturated carbocycles. The van der Waals surface area contributed by atoms with Gasteiger partial charge in [0.15, 0.2) is 5.03 Å². The molecule has 0 radical (unpaired) electrons. The van der Waals surface area contributed by atoms with Crippen LogP contribution >= 0.6 is 0 Å². The van der Waals surface area contributed by atoms with Crippen LogP contribution in [-0.4, -0.2) is 25.2 Å². The Balaban J connectivity index is 2.02. The molecule has 0 unspecified atom stereocenters. The minimum absolute atomic E-state index is 0.0477. The number of aromatic nitrogens is 2. The maximum atomic E-state index is 13.4. The topological polar surface area (TPSA) is 101 Å². The lowest BCUT2D eigenvalue weighted by molar-refractivity contribution is 0.572. The third kappa shape index (κ3) is 3.21. The second-order valence-electron chi connectivity index (χ2n) is 4.17. The summed E-state index contributed by atoms with van der Waals surface area (Å²) in [4.78, 5) is 0. The Morgan fingerprint density at radius 1 is 1.30 bits per heavy atom. The molecule has 20 heavy (non-hydrogen) atoms. The molecular formula is C12H15FN4O2S. The summed E-state index contributed by atoms with van der Waals surface area (Å²) in [6.45, 7) is 0.159. The molecule has 0 aliphatic rings. The van der Waals surface area contributed by atoms with Gasteiger partial charge in [-0.25, -0.2) is 17.5 Å². The van der Waals surface area contributed by atoms with Crippen molar-refractivity contribution in [1.29, 1.82) is 0 Å². The van der Waals surface area contributed by atoms with Crippen molar-refractivity contribution in [3.8, 4) is 0 Å². The third-order valence-electron chi connectivity index (χ3n) is 2.81. The first-order valence-corrected chi connectivity index (χ1v) is 7.48. The summed E-state index contributed by atoms with van der Waals surface area (Å²) in [6.07, 6.45) is 1.63. The fourth-order valence-corrected chi connectivity index (χ4v) is 2.94. The number of aromatic amines is 1. The summed E-state index contributed by atoms with van der Waals surface area (Å²) in [5.74, 6) is -0.351. The van der Waals surface area contributed by atoms with E-state index in [1.807, 2.05) is 0 Å². The molecule has 0 atom stereocenters. The quantitative estimate of drug-likeness (QED) is 0.724. The molecule has 0 bridgehead atoms. The summed E-state index contributed by atoms with van der Waals surface area (Å²) in [7, 11) is -3.71. The van der Waals surface area contributed by atoms with Crippen LogP contribution < -0.4 is 10.5 Å². The number of nitrogens with two attached hydrogens (primary N) is 1. The van der Waals surface area contributed by atoms with Gasteiger partial charge >= 0.3 is 0 Å². The lowest BCUT2D eigenvalue weighted by Crippen LogP contribution is -2.27. The molecule has 1 aromatic heterocycles. The van der Waals surface area contributed by atoms with Crippen LogP contribution in [0.25, 0.3) is 0 Å². The van der Waals surface area contributed by atoms with Crippen LogP contribution in [0.1, 0.15) is 11.1 Å². The van der Waals surface area contributed by atoms with E-state index >= 15 is 0 Å². The first-order valence-electron chi connectivity index (χ1n) is 6.00. The van der Waals surface area contributed by atoms with Crippen molar-refractivity contribution in [2.75, 3.05) is 6.54 Å². The van der Waals surface area contributed by atoms with Crippen molar-refractivity contribution in [3.63, 3.8) is 0 Å². The predicted octanol–water partition coefficient (Wildman–Crippen LogP) is 0.529. The van der Waals surface area contributed by atoms with E-state index in [9.17, 15) is 12.8 Å². The minimum Gasteiger partial charge on any atom is -0.326 e. The molecule has 0 spiro atoms. The minimum atomic E-state index is -3.71. The average molecular weight is 298 g/mol. The summed E-state index contributed by atoms with van der Waals surface area (Å²) in [5.41, 5.74) is 6.29. The first-order chi connectivity index (χ1) is 9.54. The van der Waals surface area contributed by atoms with E-state index in [0.29, 0.717) is 11.1 Å². The molecule has 0 fully saturated rings. The van der Waals surface area contributed by atoms with Crippen LogP contribution in [0.5, 0.6) is 0 Å². The molecule has 1 aromatic carbocycles. The number of halogens is 1. The fraction of sp³-hybridized carbons (Fsp3) is 0.250. The summed E-state index contributed by atoms with van der Waals surface area (Å²) in [5, 5.41) is 6.01. The van der Waals surface area contributed by atoms with Gasteiger partial charge in [-0.15, -0.1) is 0 Å². The van der Waals surface area contributed by atoms with Crippen molar-refractivity contribution in [2.45, 2.75) is 18.0 Å². The number of hydrogen-bond acceptors (Lipinski definition) is 4. The van der Waals surface area contributed by atoms with Crippen molar-refractivity contribution < 1.29 is 12.8 Å². The number of rotatable bonds is 6. The van der Waals surface area contributed by atoms with Gasteiger partial charge in [-0.3, -0.25) is 5.10 Å². The van der Waals surface area contributed by atoms with Gasteiger partial charge in [0.1, 0.15) is 5.82 Å². The summed E-state index contributed by atoms with van der Waals surface area (Å²) in [6, 6.07) is 6.24. The largest absolute Gasteiger partial charge is 0.326 e. The molecule has 6 nitrogen and oxygen atoms in total. The molecule has 0 aliphatic carbocycles. The van der Waals surface area contributed by atoms with Crippen LogP contribution in [0.3, 0.4) is 0 Å². The molecule has 2 rings (SSSR count). The Morgan fingerprint density at radius 2 is 2.05 bits per heavy atom.